The van der Waals surface area contributed by atoms with Crippen molar-refractivity contribution in [2.24, 2.45) is 0 Å². The van der Waals surface area contributed by atoms with Crippen LogP contribution in [0.3, 0.4) is 0 Å². The highest BCUT2D eigenvalue weighted by Gasteiger charge is 2.13. The largest absolute Gasteiger partial charge is 0.500 e. The zero-order chi connectivity index (χ0) is 15.4. The number of aryl methyl sites for hydroxylation is 1. The Hall–Kier alpha value is -2.03. The van der Waals surface area contributed by atoms with E-state index in [0.717, 1.165) is 21.2 Å². The SMILES string of the molecule is CO/C=C(\Oc1cc(-n2ccc(I)n2)ccc1C)C(=O)O. The molecule has 0 aliphatic carbocycles. The molecule has 0 fully saturated rings. The highest BCUT2D eigenvalue weighted by Crippen LogP contribution is 2.24. The van der Waals surface area contributed by atoms with Gasteiger partial charge in [-0.2, -0.15) is 5.10 Å². The average Bonchev–Trinajstić information content (AvgIpc) is 2.87. The van der Waals surface area contributed by atoms with E-state index in [-0.39, 0.29) is 5.76 Å². The minimum absolute atomic E-state index is 0.284. The molecule has 1 heterocycles. The van der Waals surface area contributed by atoms with E-state index in [1.165, 1.54) is 7.11 Å². The monoisotopic (exact) mass is 400 g/mol. The maximum absolute atomic E-state index is 11.1. The molecule has 0 aliphatic heterocycles. The first kappa shape index (κ1) is 15.4. The standard InChI is InChI=1S/C14H13IN2O4/c1-9-3-4-10(17-6-5-13(15)16-17)7-11(9)21-12(8-20-2)14(18)19/h3-8H,1-2H3,(H,18,19)/b12-8-. The third kappa shape index (κ3) is 3.75. The Morgan fingerprint density at radius 2 is 2.19 bits per heavy atom. The highest BCUT2D eigenvalue weighted by molar-refractivity contribution is 14.1. The zero-order valence-electron chi connectivity index (χ0n) is 11.4. The predicted molar refractivity (Wildman–Crippen MR) is 84.4 cm³/mol. The van der Waals surface area contributed by atoms with Crippen molar-refractivity contribution in [3.8, 4) is 11.4 Å². The molecular weight excluding hydrogens is 387 g/mol. The Morgan fingerprint density at radius 3 is 2.76 bits per heavy atom. The number of aromatic nitrogens is 2. The molecule has 0 saturated carbocycles. The molecule has 0 radical (unpaired) electrons. The van der Waals surface area contributed by atoms with Crippen LogP contribution in [0.25, 0.3) is 5.69 Å². The maximum atomic E-state index is 11.1. The molecule has 2 aromatic rings. The molecule has 0 amide bonds. The van der Waals surface area contributed by atoms with Gasteiger partial charge in [0, 0.05) is 12.3 Å². The van der Waals surface area contributed by atoms with Crippen LogP contribution in [-0.4, -0.2) is 28.0 Å². The number of ether oxygens (including phenoxy) is 2. The van der Waals surface area contributed by atoms with Gasteiger partial charge >= 0.3 is 5.97 Å². The van der Waals surface area contributed by atoms with Crippen molar-refractivity contribution in [2.75, 3.05) is 7.11 Å². The van der Waals surface area contributed by atoms with Gasteiger partial charge in [-0.25, -0.2) is 9.48 Å². The van der Waals surface area contributed by atoms with Gasteiger partial charge in [0.2, 0.25) is 5.76 Å². The lowest BCUT2D eigenvalue weighted by molar-refractivity contribution is -0.135. The lowest BCUT2D eigenvalue weighted by Gasteiger charge is -2.11. The lowest BCUT2D eigenvalue weighted by Crippen LogP contribution is -2.09. The molecule has 0 atom stereocenters. The summed E-state index contributed by atoms with van der Waals surface area (Å²) >= 11 is 2.12. The highest BCUT2D eigenvalue weighted by atomic mass is 127. The fourth-order valence-corrected chi connectivity index (χ4v) is 2.02. The number of hydrogen-bond donors (Lipinski definition) is 1. The Kier molecular flexibility index (Phi) is 4.84. The van der Waals surface area contributed by atoms with Crippen molar-refractivity contribution in [3.05, 3.63) is 51.7 Å². The van der Waals surface area contributed by atoms with E-state index >= 15 is 0 Å². The lowest BCUT2D eigenvalue weighted by atomic mass is 10.2. The molecule has 1 N–H and O–H groups in total. The summed E-state index contributed by atoms with van der Waals surface area (Å²) in [7, 11) is 1.36. The van der Waals surface area contributed by atoms with Gasteiger partial charge in [-0.05, 0) is 47.2 Å². The van der Waals surface area contributed by atoms with Crippen LogP contribution in [0.15, 0.2) is 42.5 Å². The van der Waals surface area contributed by atoms with Crippen LogP contribution < -0.4 is 4.74 Å². The van der Waals surface area contributed by atoms with Crippen LogP contribution in [0.2, 0.25) is 0 Å². The number of rotatable bonds is 5. The number of carboxylic acids is 1. The van der Waals surface area contributed by atoms with Crippen molar-refractivity contribution < 1.29 is 19.4 Å². The number of methoxy groups -OCH3 is 1. The van der Waals surface area contributed by atoms with Gasteiger partial charge in [-0.15, -0.1) is 0 Å². The van der Waals surface area contributed by atoms with Gasteiger partial charge in [0.1, 0.15) is 15.7 Å². The summed E-state index contributed by atoms with van der Waals surface area (Å²) in [4.78, 5) is 11.1. The van der Waals surface area contributed by atoms with E-state index in [1.807, 2.05) is 31.3 Å². The second-order valence-electron chi connectivity index (χ2n) is 4.16. The number of carboxylic acid groups (broad SMARTS) is 1. The quantitative estimate of drug-likeness (QED) is 0.475. The first-order chi connectivity index (χ1) is 10.0. The topological polar surface area (TPSA) is 73.6 Å². The summed E-state index contributed by atoms with van der Waals surface area (Å²) in [5, 5.41) is 13.3. The Labute approximate surface area is 135 Å². The Bertz CT molecular complexity index is 694. The molecule has 0 unspecified atom stereocenters. The van der Waals surface area contributed by atoms with E-state index in [9.17, 15) is 4.79 Å². The van der Waals surface area contributed by atoms with Crippen molar-refractivity contribution >= 4 is 28.6 Å². The van der Waals surface area contributed by atoms with E-state index < -0.39 is 5.97 Å². The molecule has 7 heteroatoms. The molecule has 0 aliphatic rings. The summed E-state index contributed by atoms with van der Waals surface area (Å²) in [6.07, 6.45) is 2.87. The minimum atomic E-state index is -1.20. The maximum Gasteiger partial charge on any atom is 0.375 e. The van der Waals surface area contributed by atoms with E-state index in [4.69, 9.17) is 14.6 Å². The van der Waals surface area contributed by atoms with Gasteiger partial charge in [-0.3, -0.25) is 0 Å². The summed E-state index contributed by atoms with van der Waals surface area (Å²) in [6.45, 7) is 1.83. The van der Waals surface area contributed by atoms with Crippen LogP contribution in [-0.2, 0) is 9.53 Å². The van der Waals surface area contributed by atoms with E-state index in [2.05, 4.69) is 27.7 Å². The first-order valence-electron chi connectivity index (χ1n) is 5.97. The number of carbonyl (C=O) groups is 1. The molecule has 1 aromatic carbocycles. The molecular formula is C14H13IN2O4. The number of hydrogen-bond acceptors (Lipinski definition) is 4. The zero-order valence-corrected chi connectivity index (χ0v) is 13.6. The molecule has 0 spiro atoms. The van der Waals surface area contributed by atoms with Crippen LogP contribution >= 0.6 is 22.6 Å². The summed E-state index contributed by atoms with van der Waals surface area (Å²) in [6, 6.07) is 7.32. The van der Waals surface area contributed by atoms with Gasteiger partial charge in [0.25, 0.3) is 0 Å². The van der Waals surface area contributed by atoms with E-state index in [1.54, 1.807) is 10.7 Å². The van der Waals surface area contributed by atoms with Crippen molar-refractivity contribution in [2.45, 2.75) is 6.92 Å². The van der Waals surface area contributed by atoms with E-state index in [0.29, 0.717) is 5.75 Å². The predicted octanol–water partition coefficient (Wildman–Crippen LogP) is 2.74. The van der Waals surface area contributed by atoms with Crippen molar-refractivity contribution in [3.63, 3.8) is 0 Å². The Morgan fingerprint density at radius 1 is 1.43 bits per heavy atom. The van der Waals surface area contributed by atoms with Crippen LogP contribution in [0.5, 0.6) is 5.75 Å². The van der Waals surface area contributed by atoms with Gasteiger partial charge in [0.05, 0.1) is 12.8 Å². The first-order valence-corrected chi connectivity index (χ1v) is 7.05. The van der Waals surface area contributed by atoms with Crippen molar-refractivity contribution in [1.29, 1.82) is 0 Å². The summed E-state index contributed by atoms with van der Waals surface area (Å²) < 4.78 is 12.7. The molecule has 1 aromatic heterocycles. The third-order valence-electron chi connectivity index (χ3n) is 2.65. The van der Waals surface area contributed by atoms with Crippen LogP contribution in [0.4, 0.5) is 0 Å². The summed E-state index contributed by atoms with van der Waals surface area (Å²) in [5.74, 6) is -1.05. The number of benzene rings is 1. The molecule has 110 valence electrons. The van der Waals surface area contributed by atoms with Gasteiger partial charge in [0.15, 0.2) is 0 Å². The Balaban J connectivity index is 2.35. The third-order valence-corrected chi connectivity index (χ3v) is 3.22. The number of aliphatic carboxylic acids is 1. The second kappa shape index (κ2) is 6.61. The molecule has 0 saturated heterocycles. The minimum Gasteiger partial charge on any atom is -0.500 e. The molecule has 21 heavy (non-hydrogen) atoms. The average molecular weight is 400 g/mol. The molecule has 2 rings (SSSR count). The van der Waals surface area contributed by atoms with Crippen LogP contribution in [0, 0.1) is 10.6 Å². The second-order valence-corrected chi connectivity index (χ2v) is 5.26. The fraction of sp³-hybridized carbons (Fsp3) is 0.143. The smallest absolute Gasteiger partial charge is 0.375 e. The fourth-order valence-electron chi connectivity index (χ4n) is 1.63. The van der Waals surface area contributed by atoms with Crippen LogP contribution in [0.1, 0.15) is 5.56 Å². The van der Waals surface area contributed by atoms with Gasteiger partial charge < -0.3 is 14.6 Å². The summed E-state index contributed by atoms with van der Waals surface area (Å²) in [5.41, 5.74) is 1.59. The normalized spacial score (nSPS) is 11.3. The van der Waals surface area contributed by atoms with Gasteiger partial charge in [-0.1, -0.05) is 6.07 Å². The van der Waals surface area contributed by atoms with Crippen molar-refractivity contribution in [1.82, 2.24) is 9.78 Å². The number of nitrogens with zero attached hydrogens (tertiary/aromatic N) is 2. The molecule has 0 bridgehead atoms. The number of halogens is 1. The molecule has 6 nitrogen and oxygen atoms in total.